The maximum atomic E-state index is 13.8. The van der Waals surface area contributed by atoms with Gasteiger partial charge in [-0.1, -0.05) is 6.07 Å². The first-order valence-electron chi connectivity index (χ1n) is 8.05. The van der Waals surface area contributed by atoms with Gasteiger partial charge in [-0.15, -0.1) is 0 Å². The summed E-state index contributed by atoms with van der Waals surface area (Å²) in [6.07, 6.45) is 1.66. The molecule has 0 fully saturated rings. The Morgan fingerprint density at radius 2 is 1.80 bits per heavy atom. The summed E-state index contributed by atoms with van der Waals surface area (Å²) in [7, 11) is 1.58. The van der Waals surface area contributed by atoms with E-state index in [1.807, 2.05) is 26.0 Å². The van der Waals surface area contributed by atoms with Crippen molar-refractivity contribution in [2.24, 2.45) is 0 Å². The number of rotatable bonds is 5. The molecule has 0 amide bonds. The Bertz CT molecular complexity index is 909. The Morgan fingerprint density at radius 3 is 2.48 bits per heavy atom. The van der Waals surface area contributed by atoms with Crippen molar-refractivity contribution in [1.82, 2.24) is 4.98 Å². The minimum absolute atomic E-state index is 0.0151. The molecule has 1 heterocycles. The summed E-state index contributed by atoms with van der Waals surface area (Å²) in [6.45, 7) is 5.60. The fourth-order valence-corrected chi connectivity index (χ4v) is 2.49. The zero-order chi connectivity index (χ0) is 18.0. The highest BCUT2D eigenvalue weighted by Gasteiger charge is 2.13. The number of aryl methyl sites for hydroxylation is 1. The van der Waals surface area contributed by atoms with Crippen LogP contribution < -0.4 is 14.2 Å². The molecule has 25 heavy (non-hydrogen) atoms. The van der Waals surface area contributed by atoms with Crippen LogP contribution in [0, 0.1) is 12.7 Å². The summed E-state index contributed by atoms with van der Waals surface area (Å²) < 4.78 is 30.8. The third kappa shape index (κ3) is 3.65. The Hall–Kier alpha value is -2.82. The van der Waals surface area contributed by atoms with Gasteiger partial charge >= 0.3 is 0 Å². The van der Waals surface area contributed by atoms with Crippen molar-refractivity contribution in [3.05, 3.63) is 54.0 Å². The summed E-state index contributed by atoms with van der Waals surface area (Å²) in [6, 6.07) is 10.2. The molecule has 130 valence electrons. The van der Waals surface area contributed by atoms with E-state index in [0.29, 0.717) is 34.1 Å². The van der Waals surface area contributed by atoms with Gasteiger partial charge < -0.3 is 14.2 Å². The van der Waals surface area contributed by atoms with Gasteiger partial charge in [-0.2, -0.15) is 0 Å². The zero-order valence-corrected chi connectivity index (χ0v) is 14.7. The first-order valence-corrected chi connectivity index (χ1v) is 8.05. The van der Waals surface area contributed by atoms with Gasteiger partial charge in [-0.25, -0.2) is 4.39 Å². The van der Waals surface area contributed by atoms with Gasteiger partial charge in [0.2, 0.25) is 0 Å². The number of fused-ring (bicyclic) bond motifs is 1. The van der Waals surface area contributed by atoms with Crippen LogP contribution >= 0.6 is 0 Å². The summed E-state index contributed by atoms with van der Waals surface area (Å²) in [5.41, 5.74) is 1.28. The minimum atomic E-state index is -0.305. The number of pyridine rings is 1. The van der Waals surface area contributed by atoms with Crippen molar-refractivity contribution < 1.29 is 18.6 Å². The monoisotopic (exact) mass is 341 g/mol. The number of methoxy groups -OCH3 is 1. The summed E-state index contributed by atoms with van der Waals surface area (Å²) in [5.74, 6) is 1.91. The molecule has 0 aliphatic heterocycles. The molecule has 3 rings (SSSR count). The van der Waals surface area contributed by atoms with Gasteiger partial charge in [0.15, 0.2) is 11.5 Å². The molecule has 4 nitrogen and oxygen atoms in total. The van der Waals surface area contributed by atoms with Gasteiger partial charge in [0.05, 0.1) is 18.7 Å². The lowest BCUT2D eigenvalue weighted by atomic mass is 10.1. The van der Waals surface area contributed by atoms with Crippen LogP contribution in [0.1, 0.15) is 19.4 Å². The van der Waals surface area contributed by atoms with E-state index in [-0.39, 0.29) is 11.9 Å². The predicted octanol–water partition coefficient (Wildman–Crippen LogP) is 5.27. The van der Waals surface area contributed by atoms with Crippen molar-refractivity contribution in [2.45, 2.75) is 26.9 Å². The smallest absolute Gasteiger partial charge is 0.163 e. The lowest BCUT2D eigenvalue weighted by molar-refractivity contribution is 0.230. The third-order valence-electron chi connectivity index (χ3n) is 3.72. The standard InChI is InChI=1S/C20H20FNO3/c1-12(2)24-20-11-17-15(10-19(20)23-4)18(7-8-22-17)25-14-6-5-13(3)16(21)9-14/h5-12H,1-4H3. The molecule has 3 aromatic rings. The van der Waals surface area contributed by atoms with E-state index >= 15 is 0 Å². The van der Waals surface area contributed by atoms with E-state index in [2.05, 4.69) is 4.98 Å². The fraction of sp³-hybridized carbons (Fsp3) is 0.250. The second-order valence-corrected chi connectivity index (χ2v) is 6.01. The first kappa shape index (κ1) is 17.0. The van der Waals surface area contributed by atoms with E-state index in [9.17, 15) is 4.39 Å². The van der Waals surface area contributed by atoms with Crippen molar-refractivity contribution in [3.63, 3.8) is 0 Å². The highest BCUT2D eigenvalue weighted by molar-refractivity contribution is 5.88. The molecule has 0 radical (unpaired) electrons. The van der Waals surface area contributed by atoms with E-state index in [1.54, 1.807) is 38.4 Å². The van der Waals surface area contributed by atoms with E-state index in [4.69, 9.17) is 14.2 Å². The molecule has 0 saturated carbocycles. The van der Waals surface area contributed by atoms with Crippen molar-refractivity contribution >= 4 is 10.9 Å². The number of halogens is 1. The number of hydrogen-bond acceptors (Lipinski definition) is 4. The first-order chi connectivity index (χ1) is 12.0. The van der Waals surface area contributed by atoms with Gasteiger partial charge in [0, 0.05) is 23.7 Å². The van der Waals surface area contributed by atoms with Crippen LogP contribution in [0.5, 0.6) is 23.0 Å². The molecule has 0 spiro atoms. The molecule has 0 unspecified atom stereocenters. The van der Waals surface area contributed by atoms with Crippen LogP contribution in [0.2, 0.25) is 0 Å². The Balaban J connectivity index is 2.05. The normalized spacial score (nSPS) is 11.0. The van der Waals surface area contributed by atoms with Crippen LogP contribution in [0.3, 0.4) is 0 Å². The van der Waals surface area contributed by atoms with Crippen LogP contribution in [-0.4, -0.2) is 18.2 Å². The van der Waals surface area contributed by atoms with Gasteiger partial charge in [0.25, 0.3) is 0 Å². The molecule has 0 aliphatic carbocycles. The summed E-state index contributed by atoms with van der Waals surface area (Å²) in [4.78, 5) is 4.37. The maximum Gasteiger partial charge on any atom is 0.163 e. The molecule has 0 saturated heterocycles. The number of benzene rings is 2. The second kappa shape index (κ2) is 6.97. The highest BCUT2D eigenvalue weighted by atomic mass is 19.1. The van der Waals surface area contributed by atoms with Crippen LogP contribution in [0.4, 0.5) is 4.39 Å². The largest absolute Gasteiger partial charge is 0.493 e. The second-order valence-electron chi connectivity index (χ2n) is 6.01. The summed E-state index contributed by atoms with van der Waals surface area (Å²) in [5, 5.41) is 0.761. The van der Waals surface area contributed by atoms with Gasteiger partial charge in [-0.3, -0.25) is 4.98 Å². The van der Waals surface area contributed by atoms with Crippen molar-refractivity contribution in [1.29, 1.82) is 0 Å². The van der Waals surface area contributed by atoms with E-state index in [0.717, 1.165) is 5.39 Å². The number of ether oxygens (including phenoxy) is 3. The average molecular weight is 341 g/mol. The Morgan fingerprint density at radius 1 is 1.00 bits per heavy atom. The van der Waals surface area contributed by atoms with E-state index in [1.165, 1.54) is 6.07 Å². The molecule has 0 N–H and O–H groups in total. The van der Waals surface area contributed by atoms with Crippen LogP contribution in [0.15, 0.2) is 42.6 Å². The molecular formula is C20H20FNO3. The third-order valence-corrected chi connectivity index (χ3v) is 3.72. The molecule has 5 heteroatoms. The quantitative estimate of drug-likeness (QED) is 0.634. The lowest BCUT2D eigenvalue weighted by Crippen LogP contribution is -2.06. The number of hydrogen-bond donors (Lipinski definition) is 0. The minimum Gasteiger partial charge on any atom is -0.493 e. The lowest BCUT2D eigenvalue weighted by Gasteiger charge is -2.15. The van der Waals surface area contributed by atoms with Crippen molar-refractivity contribution in [3.8, 4) is 23.0 Å². The SMILES string of the molecule is COc1cc2c(Oc3ccc(C)c(F)c3)ccnc2cc1OC(C)C. The molecule has 1 aromatic heterocycles. The maximum absolute atomic E-state index is 13.8. The van der Waals surface area contributed by atoms with Crippen molar-refractivity contribution in [2.75, 3.05) is 7.11 Å². The highest BCUT2D eigenvalue weighted by Crippen LogP contribution is 2.37. The molecule has 0 aliphatic rings. The Kier molecular flexibility index (Phi) is 4.74. The van der Waals surface area contributed by atoms with Crippen LogP contribution in [0.25, 0.3) is 10.9 Å². The average Bonchev–Trinajstić information content (AvgIpc) is 2.57. The Labute approximate surface area is 146 Å². The molecule has 0 bridgehead atoms. The molecule has 0 atom stereocenters. The van der Waals surface area contributed by atoms with E-state index < -0.39 is 0 Å². The number of aromatic nitrogens is 1. The molecular weight excluding hydrogens is 321 g/mol. The zero-order valence-electron chi connectivity index (χ0n) is 14.7. The predicted molar refractivity (Wildman–Crippen MR) is 95.3 cm³/mol. The van der Waals surface area contributed by atoms with Gasteiger partial charge in [-0.05, 0) is 44.5 Å². The van der Waals surface area contributed by atoms with Crippen LogP contribution in [-0.2, 0) is 0 Å². The fourth-order valence-electron chi connectivity index (χ4n) is 2.49. The van der Waals surface area contributed by atoms with Gasteiger partial charge in [0.1, 0.15) is 17.3 Å². The summed E-state index contributed by atoms with van der Waals surface area (Å²) >= 11 is 0. The number of nitrogens with zero attached hydrogens (tertiary/aromatic N) is 1. The molecule has 2 aromatic carbocycles. The topological polar surface area (TPSA) is 40.6 Å².